The minimum Gasteiger partial charge on any atom is -0.337 e. The molecular weight excluding hydrogens is 100 g/mol. The third kappa shape index (κ3) is 4.00. The molecule has 0 spiro atoms. The Bertz CT molecular complexity index is 43.7. The Kier molecular flexibility index (Phi) is 4.87. The van der Waals surface area contributed by atoms with Crippen LogP contribution in [0.5, 0.6) is 0 Å². The van der Waals surface area contributed by atoms with Crippen LogP contribution in [-0.4, -0.2) is 12.7 Å². The van der Waals surface area contributed by atoms with E-state index in [-0.39, 0.29) is 0 Å². The molecule has 48 valence electrons. The van der Waals surface area contributed by atoms with Crippen molar-refractivity contribution in [1.82, 2.24) is 0 Å². The van der Waals surface area contributed by atoms with Crippen molar-refractivity contribution < 1.29 is 4.74 Å². The molecule has 0 radical (unpaired) electrons. The van der Waals surface area contributed by atoms with Gasteiger partial charge in [0, 0.05) is 0 Å². The van der Waals surface area contributed by atoms with Crippen LogP contribution in [-0.2, 0) is 4.74 Å². The zero-order chi connectivity index (χ0) is 6.41. The van der Waals surface area contributed by atoms with Crippen LogP contribution < -0.4 is 0 Å². The number of hydrogen-bond donors (Lipinski definition) is 0. The third-order valence-electron chi connectivity index (χ3n) is 1.12. The Morgan fingerprint density at radius 1 is 1.62 bits per heavy atom. The number of rotatable bonds is 4. The van der Waals surface area contributed by atoms with Crippen molar-refractivity contribution in [2.75, 3.05) is 6.61 Å². The highest BCUT2D eigenvalue weighted by atomic mass is 16.5. The van der Waals surface area contributed by atoms with Crippen LogP contribution in [0.3, 0.4) is 0 Å². The van der Waals surface area contributed by atoms with Crippen LogP contribution in [0.4, 0.5) is 0 Å². The average molecular weight is 115 g/mol. The Labute approximate surface area is 52.0 Å². The van der Waals surface area contributed by atoms with Gasteiger partial charge in [0.2, 0.25) is 0 Å². The maximum absolute atomic E-state index is 5.28. The highest BCUT2D eigenvalue weighted by Gasteiger charge is 1.97. The second kappa shape index (κ2) is 4.98. The molecule has 0 aromatic heterocycles. The molecule has 0 aliphatic rings. The summed E-state index contributed by atoms with van der Waals surface area (Å²) in [6, 6.07) is 0. The molecule has 1 unspecified atom stereocenters. The van der Waals surface area contributed by atoms with Crippen LogP contribution >= 0.6 is 0 Å². The standard InChI is InChI=1S/C7H15O/c1-4-6-8-7(3)5-2/h4,7H,5-6H2,1-3H3/q+1. The summed E-state index contributed by atoms with van der Waals surface area (Å²) in [5, 5.41) is 0. The van der Waals surface area contributed by atoms with E-state index in [4.69, 9.17) is 4.74 Å². The van der Waals surface area contributed by atoms with Crippen molar-refractivity contribution >= 4 is 0 Å². The molecule has 0 aliphatic carbocycles. The van der Waals surface area contributed by atoms with E-state index in [0.29, 0.717) is 6.10 Å². The predicted octanol–water partition coefficient (Wildman–Crippen LogP) is 2.03. The van der Waals surface area contributed by atoms with Gasteiger partial charge in [-0.05, 0) is 13.3 Å². The summed E-state index contributed by atoms with van der Waals surface area (Å²) in [6.45, 7) is 7.00. The van der Waals surface area contributed by atoms with Gasteiger partial charge >= 0.3 is 0 Å². The summed E-state index contributed by atoms with van der Waals surface area (Å²) >= 11 is 0. The highest BCUT2D eigenvalue weighted by Crippen LogP contribution is 1.94. The van der Waals surface area contributed by atoms with Crippen LogP contribution in [0, 0.1) is 6.42 Å². The lowest BCUT2D eigenvalue weighted by atomic mass is 10.3. The van der Waals surface area contributed by atoms with E-state index in [0.717, 1.165) is 13.0 Å². The molecule has 0 aliphatic heterocycles. The molecule has 0 fully saturated rings. The molecule has 0 heterocycles. The van der Waals surface area contributed by atoms with Crippen LogP contribution in [0.25, 0.3) is 0 Å². The normalized spacial score (nSPS) is 13.4. The first-order valence-electron chi connectivity index (χ1n) is 3.20. The Balaban J connectivity index is 2.86. The van der Waals surface area contributed by atoms with Gasteiger partial charge in [-0.2, -0.15) is 0 Å². The lowest BCUT2D eigenvalue weighted by Gasteiger charge is -2.03. The maximum Gasteiger partial charge on any atom is 0.187 e. The number of ether oxygens (including phenoxy) is 1. The van der Waals surface area contributed by atoms with Gasteiger partial charge in [-0.25, -0.2) is 0 Å². The molecule has 8 heavy (non-hydrogen) atoms. The smallest absolute Gasteiger partial charge is 0.187 e. The molecule has 1 nitrogen and oxygen atoms in total. The second-order valence-corrected chi connectivity index (χ2v) is 1.96. The average Bonchev–Trinajstić information content (AvgIpc) is 1.83. The molecule has 0 aromatic carbocycles. The highest BCUT2D eigenvalue weighted by molar-refractivity contribution is 4.54. The molecule has 0 saturated heterocycles. The predicted molar refractivity (Wildman–Crippen MR) is 35.7 cm³/mol. The molecule has 1 atom stereocenters. The van der Waals surface area contributed by atoms with Crippen LogP contribution in [0.1, 0.15) is 27.2 Å². The first kappa shape index (κ1) is 7.83. The first-order valence-corrected chi connectivity index (χ1v) is 3.20. The molecular formula is C7H15O+. The second-order valence-electron chi connectivity index (χ2n) is 1.96. The fraction of sp³-hybridized carbons (Fsp3) is 0.857. The van der Waals surface area contributed by atoms with Gasteiger partial charge < -0.3 is 4.74 Å². The van der Waals surface area contributed by atoms with Crippen LogP contribution in [0.2, 0.25) is 0 Å². The maximum atomic E-state index is 5.28. The van der Waals surface area contributed by atoms with Crippen molar-refractivity contribution in [3.05, 3.63) is 6.42 Å². The quantitative estimate of drug-likeness (QED) is 0.509. The first-order chi connectivity index (χ1) is 3.81. The van der Waals surface area contributed by atoms with Gasteiger partial charge in [0.15, 0.2) is 6.61 Å². The van der Waals surface area contributed by atoms with Crippen molar-refractivity contribution in [2.45, 2.75) is 33.3 Å². The van der Waals surface area contributed by atoms with Gasteiger partial charge in [-0.1, -0.05) is 6.92 Å². The van der Waals surface area contributed by atoms with E-state index < -0.39 is 0 Å². The SMILES string of the molecule is C[CH+]COC(C)CC. The largest absolute Gasteiger partial charge is 0.337 e. The summed E-state index contributed by atoms with van der Waals surface area (Å²) in [5.74, 6) is 0. The Morgan fingerprint density at radius 2 is 2.25 bits per heavy atom. The van der Waals surface area contributed by atoms with E-state index >= 15 is 0 Å². The van der Waals surface area contributed by atoms with Gasteiger partial charge in [0.25, 0.3) is 0 Å². The van der Waals surface area contributed by atoms with E-state index in [1.54, 1.807) is 0 Å². The van der Waals surface area contributed by atoms with E-state index in [1.807, 2.05) is 13.3 Å². The Morgan fingerprint density at radius 3 is 2.62 bits per heavy atom. The topological polar surface area (TPSA) is 9.23 Å². The van der Waals surface area contributed by atoms with Crippen molar-refractivity contribution in [2.24, 2.45) is 0 Å². The third-order valence-corrected chi connectivity index (χ3v) is 1.12. The van der Waals surface area contributed by atoms with Gasteiger partial charge in [0.05, 0.1) is 13.0 Å². The van der Waals surface area contributed by atoms with Gasteiger partial charge in [0.1, 0.15) is 6.42 Å². The minimum atomic E-state index is 0.422. The summed E-state index contributed by atoms with van der Waals surface area (Å²) in [4.78, 5) is 0. The van der Waals surface area contributed by atoms with Gasteiger partial charge in [-0.15, -0.1) is 0 Å². The summed E-state index contributed by atoms with van der Waals surface area (Å²) in [7, 11) is 0. The molecule has 0 amide bonds. The van der Waals surface area contributed by atoms with Crippen molar-refractivity contribution in [3.63, 3.8) is 0 Å². The zero-order valence-electron chi connectivity index (χ0n) is 5.98. The molecule has 0 bridgehead atoms. The molecule has 1 heteroatoms. The van der Waals surface area contributed by atoms with Gasteiger partial charge in [-0.3, -0.25) is 0 Å². The molecule has 0 aromatic rings. The summed E-state index contributed by atoms with van der Waals surface area (Å²) in [6.07, 6.45) is 3.55. The molecule has 0 N–H and O–H groups in total. The van der Waals surface area contributed by atoms with Crippen molar-refractivity contribution in [3.8, 4) is 0 Å². The lowest BCUT2D eigenvalue weighted by Crippen LogP contribution is -2.06. The van der Waals surface area contributed by atoms with E-state index in [2.05, 4.69) is 13.8 Å². The van der Waals surface area contributed by atoms with Crippen molar-refractivity contribution in [1.29, 1.82) is 0 Å². The number of hydrogen-bond acceptors (Lipinski definition) is 1. The Hall–Kier alpha value is -0.170. The molecule has 0 rings (SSSR count). The fourth-order valence-electron chi connectivity index (χ4n) is 0.378. The van der Waals surface area contributed by atoms with E-state index in [1.165, 1.54) is 0 Å². The fourth-order valence-corrected chi connectivity index (χ4v) is 0.378. The van der Waals surface area contributed by atoms with Crippen LogP contribution in [0.15, 0.2) is 0 Å². The monoisotopic (exact) mass is 115 g/mol. The van der Waals surface area contributed by atoms with E-state index in [9.17, 15) is 0 Å². The zero-order valence-corrected chi connectivity index (χ0v) is 5.98. The lowest BCUT2D eigenvalue weighted by molar-refractivity contribution is 0.0794. The molecule has 0 saturated carbocycles. The summed E-state index contributed by atoms with van der Waals surface area (Å²) in [5.41, 5.74) is 0. The summed E-state index contributed by atoms with van der Waals surface area (Å²) < 4.78 is 5.28. The minimum absolute atomic E-state index is 0.422.